The quantitative estimate of drug-likeness (QED) is 0.702. The summed E-state index contributed by atoms with van der Waals surface area (Å²) in [7, 11) is 0. The van der Waals surface area contributed by atoms with Crippen molar-refractivity contribution in [3.05, 3.63) is 0 Å². The topological polar surface area (TPSA) is 23.5 Å². The number of hydrogen-bond donors (Lipinski definition) is 1. The van der Waals surface area contributed by atoms with Crippen LogP contribution in [-0.2, 0) is 0 Å². The summed E-state index contributed by atoms with van der Waals surface area (Å²) < 4.78 is 0. The van der Waals surface area contributed by atoms with Gasteiger partial charge in [-0.1, -0.05) is 32.1 Å². The lowest BCUT2D eigenvalue weighted by Crippen LogP contribution is -2.31. The third-order valence-corrected chi connectivity index (χ3v) is 3.22. The fourth-order valence-electron chi connectivity index (χ4n) is 1.59. The van der Waals surface area contributed by atoms with Crippen molar-refractivity contribution < 1.29 is 5.11 Å². The number of rotatable bonds is 2. The van der Waals surface area contributed by atoms with E-state index in [1.54, 1.807) is 6.92 Å². The zero-order valence-electron chi connectivity index (χ0n) is 10.2. The molecule has 15 heavy (non-hydrogen) atoms. The highest BCUT2D eigenvalue weighted by molar-refractivity contribution is 5.14. The average Bonchev–Trinajstić information content (AvgIpc) is 2.19. The first-order valence-electron chi connectivity index (χ1n) is 5.97. The van der Waals surface area contributed by atoms with Crippen LogP contribution in [0.1, 0.15) is 40.0 Å². The lowest BCUT2D eigenvalue weighted by atomic mass is 9.93. The Morgan fingerprint density at radius 1 is 1.27 bits per heavy atom. The Bertz CT molecular complexity index is 241. The van der Waals surface area contributed by atoms with Crippen LogP contribution in [-0.4, -0.2) is 35.2 Å². The van der Waals surface area contributed by atoms with Crippen LogP contribution in [0.3, 0.4) is 0 Å². The van der Waals surface area contributed by atoms with E-state index in [4.69, 9.17) is 0 Å². The summed E-state index contributed by atoms with van der Waals surface area (Å²) in [5, 5.41) is 9.93. The maximum absolute atomic E-state index is 9.93. The Kier molecular flexibility index (Phi) is 4.63. The van der Waals surface area contributed by atoms with Crippen molar-refractivity contribution >= 4 is 0 Å². The van der Waals surface area contributed by atoms with Gasteiger partial charge < -0.3 is 5.11 Å². The minimum atomic E-state index is -0.838. The second-order valence-corrected chi connectivity index (χ2v) is 4.94. The second kappa shape index (κ2) is 5.53. The van der Waals surface area contributed by atoms with Crippen molar-refractivity contribution in [2.75, 3.05) is 19.6 Å². The van der Waals surface area contributed by atoms with Gasteiger partial charge in [0.1, 0.15) is 5.60 Å². The van der Waals surface area contributed by atoms with Crippen LogP contribution in [0, 0.1) is 17.8 Å². The molecular weight excluding hydrogens is 186 g/mol. The van der Waals surface area contributed by atoms with Crippen molar-refractivity contribution in [3.8, 4) is 11.8 Å². The van der Waals surface area contributed by atoms with Gasteiger partial charge in [0.05, 0.1) is 6.54 Å². The second-order valence-electron chi connectivity index (χ2n) is 4.94. The molecule has 1 atom stereocenters. The largest absolute Gasteiger partial charge is 0.378 e. The van der Waals surface area contributed by atoms with E-state index < -0.39 is 5.60 Å². The fourth-order valence-corrected chi connectivity index (χ4v) is 1.59. The number of likely N-dealkylation sites (tertiary alicyclic amines) is 1. The fraction of sp³-hybridized carbons (Fsp3) is 0.846. The number of aliphatic hydroxyl groups is 1. The first-order valence-corrected chi connectivity index (χ1v) is 5.97. The molecule has 1 aliphatic rings. The van der Waals surface area contributed by atoms with Gasteiger partial charge in [-0.05, 0) is 38.8 Å². The van der Waals surface area contributed by atoms with E-state index in [9.17, 15) is 5.11 Å². The molecule has 0 bridgehead atoms. The highest BCUT2D eigenvalue weighted by atomic mass is 16.3. The molecule has 0 saturated carbocycles. The first kappa shape index (κ1) is 12.5. The van der Waals surface area contributed by atoms with Gasteiger partial charge in [0.25, 0.3) is 0 Å². The van der Waals surface area contributed by atoms with Crippen LogP contribution in [0.5, 0.6) is 0 Å². The molecule has 0 amide bonds. The van der Waals surface area contributed by atoms with Crippen molar-refractivity contribution in [2.24, 2.45) is 5.92 Å². The normalized spacial score (nSPS) is 21.9. The van der Waals surface area contributed by atoms with Gasteiger partial charge >= 0.3 is 0 Å². The van der Waals surface area contributed by atoms with Gasteiger partial charge in [-0.15, -0.1) is 0 Å². The minimum absolute atomic E-state index is 0.186. The summed E-state index contributed by atoms with van der Waals surface area (Å²) in [5.74, 6) is 6.26. The van der Waals surface area contributed by atoms with E-state index >= 15 is 0 Å². The SMILES string of the molecule is CC(C)C(C)(O)C#CCN1CCCCC1. The number of piperidine rings is 1. The zero-order chi connectivity index (χ0) is 11.3. The van der Waals surface area contributed by atoms with Crippen molar-refractivity contribution in [1.29, 1.82) is 0 Å². The Balaban J connectivity index is 2.37. The van der Waals surface area contributed by atoms with Crippen LogP contribution in [0.15, 0.2) is 0 Å². The smallest absolute Gasteiger partial charge is 0.125 e. The maximum Gasteiger partial charge on any atom is 0.125 e. The Labute approximate surface area is 93.7 Å². The molecule has 0 aromatic heterocycles. The highest BCUT2D eigenvalue weighted by Crippen LogP contribution is 2.14. The van der Waals surface area contributed by atoms with Gasteiger partial charge in [-0.2, -0.15) is 0 Å². The lowest BCUT2D eigenvalue weighted by Gasteiger charge is -2.24. The summed E-state index contributed by atoms with van der Waals surface area (Å²) in [6, 6.07) is 0. The van der Waals surface area contributed by atoms with Crippen LogP contribution in [0.25, 0.3) is 0 Å². The van der Waals surface area contributed by atoms with Gasteiger partial charge in [0.15, 0.2) is 0 Å². The summed E-state index contributed by atoms with van der Waals surface area (Å²) in [6.07, 6.45) is 3.94. The summed E-state index contributed by atoms with van der Waals surface area (Å²) in [4.78, 5) is 2.37. The predicted molar refractivity (Wildman–Crippen MR) is 63.5 cm³/mol. The van der Waals surface area contributed by atoms with Gasteiger partial charge in [-0.3, -0.25) is 4.90 Å². The maximum atomic E-state index is 9.93. The Morgan fingerprint density at radius 3 is 2.40 bits per heavy atom. The van der Waals surface area contributed by atoms with E-state index in [0.29, 0.717) is 0 Å². The third kappa shape index (κ3) is 4.24. The van der Waals surface area contributed by atoms with Crippen LogP contribution in [0.4, 0.5) is 0 Å². The monoisotopic (exact) mass is 209 g/mol. The predicted octanol–water partition coefficient (Wildman–Crippen LogP) is 1.88. The Hall–Kier alpha value is -0.520. The highest BCUT2D eigenvalue weighted by Gasteiger charge is 2.21. The minimum Gasteiger partial charge on any atom is -0.378 e. The molecular formula is C13H23NO. The van der Waals surface area contributed by atoms with Crippen LogP contribution < -0.4 is 0 Å². The molecule has 0 spiro atoms. The standard InChI is InChI=1S/C13H23NO/c1-12(2)13(3,15)8-7-11-14-9-5-4-6-10-14/h12,15H,4-6,9-11H2,1-3H3. The number of nitrogens with zero attached hydrogens (tertiary/aromatic N) is 1. The molecule has 1 unspecified atom stereocenters. The zero-order valence-corrected chi connectivity index (χ0v) is 10.2. The van der Waals surface area contributed by atoms with Crippen molar-refractivity contribution in [1.82, 2.24) is 4.90 Å². The van der Waals surface area contributed by atoms with E-state index in [1.807, 2.05) is 13.8 Å². The Morgan fingerprint density at radius 2 is 1.87 bits per heavy atom. The lowest BCUT2D eigenvalue weighted by molar-refractivity contribution is 0.0724. The molecule has 1 aliphatic heterocycles. The van der Waals surface area contributed by atoms with E-state index in [-0.39, 0.29) is 5.92 Å². The molecule has 2 nitrogen and oxygen atoms in total. The molecule has 0 radical (unpaired) electrons. The van der Waals surface area contributed by atoms with Gasteiger partial charge in [-0.25, -0.2) is 0 Å². The van der Waals surface area contributed by atoms with Crippen LogP contribution in [0.2, 0.25) is 0 Å². The molecule has 86 valence electrons. The number of hydrogen-bond acceptors (Lipinski definition) is 2. The van der Waals surface area contributed by atoms with E-state index in [2.05, 4.69) is 16.7 Å². The molecule has 0 aromatic rings. The molecule has 1 saturated heterocycles. The third-order valence-electron chi connectivity index (χ3n) is 3.22. The first-order chi connectivity index (χ1) is 7.02. The van der Waals surface area contributed by atoms with E-state index in [0.717, 1.165) is 6.54 Å². The summed E-state index contributed by atoms with van der Waals surface area (Å²) >= 11 is 0. The average molecular weight is 209 g/mol. The van der Waals surface area contributed by atoms with Gasteiger partial charge in [0.2, 0.25) is 0 Å². The van der Waals surface area contributed by atoms with Crippen molar-refractivity contribution in [2.45, 2.75) is 45.6 Å². The molecule has 1 rings (SSSR count). The molecule has 0 aliphatic carbocycles. The molecule has 1 heterocycles. The van der Waals surface area contributed by atoms with Crippen LogP contribution >= 0.6 is 0 Å². The van der Waals surface area contributed by atoms with E-state index in [1.165, 1.54) is 32.4 Å². The molecule has 2 heteroatoms. The molecule has 1 N–H and O–H groups in total. The molecule has 0 aromatic carbocycles. The van der Waals surface area contributed by atoms with Crippen molar-refractivity contribution in [3.63, 3.8) is 0 Å². The summed E-state index contributed by atoms with van der Waals surface area (Å²) in [5.41, 5.74) is -0.838. The molecule has 1 fully saturated rings. The van der Waals surface area contributed by atoms with Gasteiger partial charge in [0, 0.05) is 0 Å². The summed E-state index contributed by atoms with van der Waals surface area (Å²) in [6.45, 7) is 8.92.